The maximum atomic E-state index is 12.9. The Morgan fingerprint density at radius 1 is 1.38 bits per heavy atom. The van der Waals surface area contributed by atoms with Gasteiger partial charge in [-0.15, -0.1) is 6.58 Å². The lowest BCUT2D eigenvalue weighted by Crippen LogP contribution is -2.45. The molecule has 0 saturated carbocycles. The number of rotatable bonds is 8. The molecule has 4 atom stereocenters. The van der Waals surface area contributed by atoms with E-state index in [1.165, 1.54) is 18.7 Å². The lowest BCUT2D eigenvalue weighted by atomic mass is 9.79. The number of piperidine rings is 1. The summed E-state index contributed by atoms with van der Waals surface area (Å²) >= 11 is 1.38. The largest absolute Gasteiger partial charge is 0.497 e. The van der Waals surface area contributed by atoms with Crippen LogP contribution < -0.4 is 10.1 Å². The summed E-state index contributed by atoms with van der Waals surface area (Å²) in [5, 5.41) is 3.92. The van der Waals surface area contributed by atoms with Crippen molar-refractivity contribution in [2.45, 2.75) is 31.1 Å². The standard InChI is InChI=1S/C25H29N3O5S/c1-4-16(13-27-23(30)14-33-15(2)29)17-8-10-28-22(11-17)24(34-25(28)31)19-7-9-26-21-6-5-18(32-3)12-20(19)21/h4-7,9,12,16-17,22,24H,1,8,10-11,13-14H2,2-3H3,(H,27,30)/t16-,17-,22-,24-/m0/s1. The van der Waals surface area contributed by atoms with Crippen LogP contribution in [0, 0.1) is 11.8 Å². The minimum absolute atomic E-state index is 0.0167. The minimum atomic E-state index is -0.488. The molecule has 0 bridgehead atoms. The molecule has 2 saturated heterocycles. The maximum Gasteiger partial charge on any atom is 0.303 e. The van der Waals surface area contributed by atoms with Crippen LogP contribution in [-0.2, 0) is 14.3 Å². The third-order valence-electron chi connectivity index (χ3n) is 6.64. The highest BCUT2D eigenvalue weighted by molar-refractivity contribution is 8.14. The number of hydrogen-bond donors (Lipinski definition) is 1. The fourth-order valence-corrected chi connectivity index (χ4v) is 6.20. The Kier molecular flexibility index (Phi) is 7.41. The second-order valence-corrected chi connectivity index (χ2v) is 9.71. The molecule has 0 spiro atoms. The van der Waals surface area contributed by atoms with Gasteiger partial charge in [0.25, 0.3) is 11.1 Å². The highest BCUT2D eigenvalue weighted by atomic mass is 32.2. The topological polar surface area (TPSA) is 97.8 Å². The van der Waals surface area contributed by atoms with Crippen molar-refractivity contribution >= 4 is 39.8 Å². The van der Waals surface area contributed by atoms with Gasteiger partial charge >= 0.3 is 5.97 Å². The van der Waals surface area contributed by atoms with Crippen molar-refractivity contribution in [2.24, 2.45) is 11.8 Å². The van der Waals surface area contributed by atoms with Gasteiger partial charge in [0, 0.05) is 37.6 Å². The summed E-state index contributed by atoms with van der Waals surface area (Å²) in [4.78, 5) is 42.3. The van der Waals surface area contributed by atoms with Gasteiger partial charge in [0.1, 0.15) is 5.75 Å². The first-order valence-electron chi connectivity index (χ1n) is 11.3. The summed E-state index contributed by atoms with van der Waals surface area (Å²) in [5.41, 5.74) is 1.96. The van der Waals surface area contributed by atoms with Gasteiger partial charge in [0.05, 0.1) is 17.9 Å². The molecule has 2 aliphatic rings. The van der Waals surface area contributed by atoms with Crippen molar-refractivity contribution < 1.29 is 23.9 Å². The van der Waals surface area contributed by atoms with E-state index in [4.69, 9.17) is 9.47 Å². The van der Waals surface area contributed by atoms with Crippen molar-refractivity contribution in [3.05, 3.63) is 48.7 Å². The molecule has 2 aromatic rings. The number of ether oxygens (including phenoxy) is 2. The van der Waals surface area contributed by atoms with Gasteiger partial charge < -0.3 is 19.7 Å². The lowest BCUT2D eigenvalue weighted by molar-refractivity contribution is -0.146. The first-order chi connectivity index (χ1) is 16.4. The number of aromatic nitrogens is 1. The molecule has 3 heterocycles. The molecule has 2 fully saturated rings. The van der Waals surface area contributed by atoms with E-state index >= 15 is 0 Å². The number of amides is 2. The average molecular weight is 484 g/mol. The first-order valence-corrected chi connectivity index (χ1v) is 12.2. The zero-order valence-electron chi connectivity index (χ0n) is 19.4. The Bertz CT molecular complexity index is 1110. The van der Waals surface area contributed by atoms with E-state index in [0.717, 1.165) is 35.1 Å². The minimum Gasteiger partial charge on any atom is -0.497 e. The average Bonchev–Trinajstić information content (AvgIpc) is 3.18. The van der Waals surface area contributed by atoms with E-state index in [1.807, 2.05) is 35.2 Å². The molecule has 0 unspecified atom stereocenters. The summed E-state index contributed by atoms with van der Waals surface area (Å²) in [5.74, 6) is 0.258. The maximum absolute atomic E-state index is 12.9. The molecule has 0 aliphatic carbocycles. The summed E-state index contributed by atoms with van der Waals surface area (Å²) in [6.45, 7) is 6.06. The smallest absolute Gasteiger partial charge is 0.303 e. The van der Waals surface area contributed by atoms with E-state index in [1.54, 1.807) is 13.3 Å². The van der Waals surface area contributed by atoms with Crippen molar-refractivity contribution in [2.75, 3.05) is 26.8 Å². The Labute approximate surface area is 203 Å². The Morgan fingerprint density at radius 3 is 2.94 bits per heavy atom. The number of methoxy groups -OCH3 is 1. The summed E-state index contributed by atoms with van der Waals surface area (Å²) in [7, 11) is 1.64. The molecule has 2 amide bonds. The summed E-state index contributed by atoms with van der Waals surface area (Å²) in [6, 6.07) is 7.86. The van der Waals surface area contributed by atoms with E-state index in [9.17, 15) is 14.4 Å². The highest BCUT2D eigenvalue weighted by Gasteiger charge is 2.46. The number of pyridine rings is 1. The molecule has 4 rings (SSSR count). The van der Waals surface area contributed by atoms with Crippen LogP contribution in [0.4, 0.5) is 4.79 Å². The van der Waals surface area contributed by atoms with Crippen LogP contribution >= 0.6 is 11.8 Å². The zero-order chi connectivity index (χ0) is 24.2. The first kappa shape index (κ1) is 24.1. The van der Waals surface area contributed by atoms with Crippen molar-refractivity contribution in [1.82, 2.24) is 15.2 Å². The number of carbonyl (C=O) groups excluding carboxylic acids is 3. The summed E-state index contributed by atoms with van der Waals surface area (Å²) in [6.07, 6.45) is 5.33. The van der Waals surface area contributed by atoms with Crippen LogP contribution in [-0.4, -0.2) is 59.8 Å². The quantitative estimate of drug-likeness (QED) is 0.451. The third-order valence-corrected chi connectivity index (χ3v) is 7.89. The molecule has 9 heteroatoms. The fourth-order valence-electron chi connectivity index (χ4n) is 4.87. The number of esters is 1. The molecule has 1 N–H and O–H groups in total. The van der Waals surface area contributed by atoms with E-state index in [2.05, 4.69) is 16.9 Å². The van der Waals surface area contributed by atoms with Crippen molar-refractivity contribution in [3.8, 4) is 5.75 Å². The molecular formula is C25H29N3O5S. The van der Waals surface area contributed by atoms with Gasteiger partial charge in [0.2, 0.25) is 0 Å². The van der Waals surface area contributed by atoms with Crippen molar-refractivity contribution in [1.29, 1.82) is 0 Å². The number of carbonyl (C=O) groups is 3. The van der Waals surface area contributed by atoms with Crippen LogP contribution in [0.15, 0.2) is 43.1 Å². The van der Waals surface area contributed by atoms with Gasteiger partial charge in [0.15, 0.2) is 6.61 Å². The predicted molar refractivity (Wildman–Crippen MR) is 131 cm³/mol. The second-order valence-electron chi connectivity index (χ2n) is 8.62. The van der Waals surface area contributed by atoms with E-state index in [0.29, 0.717) is 13.1 Å². The fraction of sp³-hybridized carbons (Fsp3) is 0.440. The zero-order valence-corrected chi connectivity index (χ0v) is 20.2. The molecule has 180 valence electrons. The van der Waals surface area contributed by atoms with Crippen LogP contribution in [0.2, 0.25) is 0 Å². The third kappa shape index (κ3) is 5.04. The Balaban J connectivity index is 1.51. The Morgan fingerprint density at radius 2 is 2.21 bits per heavy atom. The SMILES string of the molecule is C=C[C@@H](CNC(=O)COC(C)=O)[C@H]1CCN2C(=O)S[C@@H](c3ccnc4ccc(OC)cc34)[C@@H]2C1. The number of fused-ring (bicyclic) bond motifs is 2. The van der Waals surface area contributed by atoms with Gasteiger partial charge in [-0.2, -0.15) is 0 Å². The van der Waals surface area contributed by atoms with Gasteiger partial charge in [-0.3, -0.25) is 19.4 Å². The molecule has 1 aromatic heterocycles. The van der Waals surface area contributed by atoms with Crippen LogP contribution in [0.25, 0.3) is 10.9 Å². The molecule has 8 nitrogen and oxygen atoms in total. The number of thioether (sulfide) groups is 1. The lowest BCUT2D eigenvalue weighted by Gasteiger charge is -2.39. The molecule has 0 radical (unpaired) electrons. The number of hydrogen-bond acceptors (Lipinski definition) is 7. The molecule has 2 aliphatic heterocycles. The summed E-state index contributed by atoms with van der Waals surface area (Å²) < 4.78 is 10.2. The van der Waals surface area contributed by atoms with Crippen LogP contribution in [0.3, 0.4) is 0 Å². The van der Waals surface area contributed by atoms with Gasteiger partial charge in [-0.05, 0) is 54.5 Å². The van der Waals surface area contributed by atoms with Gasteiger partial charge in [-0.25, -0.2) is 0 Å². The van der Waals surface area contributed by atoms with Crippen molar-refractivity contribution in [3.63, 3.8) is 0 Å². The predicted octanol–water partition coefficient (Wildman–Crippen LogP) is 3.71. The van der Waals surface area contributed by atoms with Crippen LogP contribution in [0.5, 0.6) is 5.75 Å². The number of nitrogens with zero attached hydrogens (tertiary/aromatic N) is 2. The second kappa shape index (κ2) is 10.5. The highest BCUT2D eigenvalue weighted by Crippen LogP contribution is 2.50. The van der Waals surface area contributed by atoms with E-state index in [-0.39, 0.29) is 40.9 Å². The van der Waals surface area contributed by atoms with Crippen LogP contribution in [0.1, 0.15) is 30.6 Å². The number of benzene rings is 1. The number of nitrogens with one attached hydrogen (secondary N) is 1. The molecule has 34 heavy (non-hydrogen) atoms. The molecular weight excluding hydrogens is 454 g/mol. The molecule has 1 aromatic carbocycles. The van der Waals surface area contributed by atoms with Gasteiger partial charge in [-0.1, -0.05) is 17.8 Å². The van der Waals surface area contributed by atoms with E-state index < -0.39 is 5.97 Å². The Hall–Kier alpha value is -3.07. The normalized spacial score (nSPS) is 22.7. The monoisotopic (exact) mass is 483 g/mol.